The Labute approximate surface area is 103 Å². The largest absolute Gasteiger partial charge is 0.350 e. The van der Waals surface area contributed by atoms with Crippen LogP contribution in [-0.2, 0) is 4.79 Å². The maximum atomic E-state index is 11.4. The average Bonchev–Trinajstić information content (AvgIpc) is 2.61. The van der Waals surface area contributed by atoms with Gasteiger partial charge in [0.2, 0.25) is 5.91 Å². The van der Waals surface area contributed by atoms with Crippen molar-refractivity contribution in [1.82, 2.24) is 5.32 Å². The second-order valence-corrected chi connectivity index (χ2v) is 5.79. The first-order valence-corrected chi connectivity index (χ1v) is 6.46. The molecule has 4 heteroatoms. The van der Waals surface area contributed by atoms with Crippen molar-refractivity contribution in [2.45, 2.75) is 26.3 Å². The smallest absolute Gasteiger partial charge is 0.244 e. The van der Waals surface area contributed by atoms with E-state index >= 15 is 0 Å². The maximum absolute atomic E-state index is 11.4. The first-order chi connectivity index (χ1) is 7.11. The number of hydrogen-bond donors (Lipinski definition) is 1. The molecule has 1 rings (SSSR count). The Morgan fingerprint density at radius 3 is 2.93 bits per heavy atom. The Morgan fingerprint density at radius 2 is 2.40 bits per heavy atom. The van der Waals surface area contributed by atoms with Crippen molar-refractivity contribution in [1.29, 1.82) is 0 Å². The monoisotopic (exact) mass is 287 g/mol. The van der Waals surface area contributed by atoms with Crippen molar-refractivity contribution >= 4 is 39.2 Å². The topological polar surface area (TPSA) is 29.1 Å². The molecule has 15 heavy (non-hydrogen) atoms. The van der Waals surface area contributed by atoms with Gasteiger partial charge in [0.25, 0.3) is 0 Å². The summed E-state index contributed by atoms with van der Waals surface area (Å²) in [5.41, 5.74) is 0. The summed E-state index contributed by atoms with van der Waals surface area (Å²) in [4.78, 5) is 12.5. The van der Waals surface area contributed by atoms with Crippen LogP contribution in [0.15, 0.2) is 22.0 Å². The van der Waals surface area contributed by atoms with Gasteiger partial charge in [-0.05, 0) is 47.5 Å². The molecule has 1 amide bonds. The van der Waals surface area contributed by atoms with Gasteiger partial charge in [-0.3, -0.25) is 4.79 Å². The molecule has 0 aliphatic carbocycles. The molecule has 0 saturated heterocycles. The normalized spacial score (nSPS) is 13.0. The Morgan fingerprint density at radius 1 is 1.67 bits per heavy atom. The highest BCUT2D eigenvalue weighted by atomic mass is 79.9. The lowest BCUT2D eigenvalue weighted by atomic mass is 10.2. The SMILES string of the molecule is CC[C@H](C)NC(=O)/C=C/c1ccc(Br)s1. The number of nitrogens with one attached hydrogen (secondary N) is 1. The number of carbonyl (C=O) groups excluding carboxylic acids is 1. The number of hydrogen-bond acceptors (Lipinski definition) is 2. The molecule has 0 aliphatic rings. The van der Waals surface area contributed by atoms with Gasteiger partial charge in [0.05, 0.1) is 3.79 Å². The summed E-state index contributed by atoms with van der Waals surface area (Å²) >= 11 is 4.98. The van der Waals surface area contributed by atoms with E-state index in [1.54, 1.807) is 17.4 Å². The molecule has 0 unspecified atom stereocenters. The van der Waals surface area contributed by atoms with E-state index in [4.69, 9.17) is 0 Å². The van der Waals surface area contributed by atoms with E-state index in [0.717, 1.165) is 15.1 Å². The molecule has 82 valence electrons. The molecule has 2 nitrogen and oxygen atoms in total. The standard InChI is InChI=1S/C11H14BrNOS/c1-3-8(2)13-11(14)7-5-9-4-6-10(12)15-9/h4-8H,3H2,1-2H3,(H,13,14)/b7-5+/t8-/m0/s1. The summed E-state index contributed by atoms with van der Waals surface area (Å²) in [6.07, 6.45) is 4.35. The van der Waals surface area contributed by atoms with Gasteiger partial charge in [-0.2, -0.15) is 0 Å². The van der Waals surface area contributed by atoms with Crippen LogP contribution in [0, 0.1) is 0 Å². The molecule has 0 aromatic carbocycles. The Kier molecular flexibility index (Phi) is 5.05. The van der Waals surface area contributed by atoms with E-state index < -0.39 is 0 Å². The van der Waals surface area contributed by atoms with Gasteiger partial charge in [-0.1, -0.05) is 6.92 Å². The fraction of sp³-hybridized carbons (Fsp3) is 0.364. The van der Waals surface area contributed by atoms with Crippen LogP contribution in [0.1, 0.15) is 25.1 Å². The van der Waals surface area contributed by atoms with Gasteiger partial charge in [0, 0.05) is 17.0 Å². The molecule has 0 fully saturated rings. The first-order valence-electron chi connectivity index (χ1n) is 4.85. The molecule has 0 radical (unpaired) electrons. The predicted octanol–water partition coefficient (Wildman–Crippen LogP) is 3.44. The highest BCUT2D eigenvalue weighted by Gasteiger charge is 2.01. The van der Waals surface area contributed by atoms with Crippen LogP contribution < -0.4 is 5.32 Å². The highest BCUT2D eigenvalue weighted by Crippen LogP contribution is 2.22. The number of amides is 1. The fourth-order valence-corrected chi connectivity index (χ4v) is 2.30. The molecule has 0 spiro atoms. The van der Waals surface area contributed by atoms with Crippen molar-refractivity contribution in [3.05, 3.63) is 26.9 Å². The number of halogens is 1. The summed E-state index contributed by atoms with van der Waals surface area (Å²) in [5, 5.41) is 2.87. The van der Waals surface area contributed by atoms with Crippen molar-refractivity contribution in [2.75, 3.05) is 0 Å². The van der Waals surface area contributed by atoms with Crippen LogP contribution in [0.4, 0.5) is 0 Å². The van der Waals surface area contributed by atoms with Crippen LogP contribution in [0.5, 0.6) is 0 Å². The van der Waals surface area contributed by atoms with Crippen molar-refractivity contribution < 1.29 is 4.79 Å². The molecule has 0 saturated carbocycles. The third-order valence-electron chi connectivity index (χ3n) is 1.99. The number of thiophene rings is 1. The second kappa shape index (κ2) is 6.08. The van der Waals surface area contributed by atoms with Gasteiger partial charge in [-0.25, -0.2) is 0 Å². The van der Waals surface area contributed by atoms with E-state index in [0.29, 0.717) is 0 Å². The molecule has 1 heterocycles. The van der Waals surface area contributed by atoms with Gasteiger partial charge in [0.15, 0.2) is 0 Å². The summed E-state index contributed by atoms with van der Waals surface area (Å²) in [6, 6.07) is 4.18. The highest BCUT2D eigenvalue weighted by molar-refractivity contribution is 9.11. The van der Waals surface area contributed by atoms with Crippen molar-refractivity contribution in [3.63, 3.8) is 0 Å². The van der Waals surface area contributed by atoms with E-state index in [2.05, 4.69) is 21.2 Å². The van der Waals surface area contributed by atoms with Crippen molar-refractivity contribution in [3.8, 4) is 0 Å². The Balaban J connectivity index is 2.47. The minimum absolute atomic E-state index is 0.0335. The van der Waals surface area contributed by atoms with Gasteiger partial charge in [0.1, 0.15) is 0 Å². The van der Waals surface area contributed by atoms with Crippen LogP contribution >= 0.6 is 27.3 Å². The summed E-state index contributed by atoms with van der Waals surface area (Å²) in [5.74, 6) is -0.0335. The minimum Gasteiger partial charge on any atom is -0.350 e. The van der Waals surface area contributed by atoms with E-state index in [9.17, 15) is 4.79 Å². The van der Waals surface area contributed by atoms with Gasteiger partial charge < -0.3 is 5.32 Å². The summed E-state index contributed by atoms with van der Waals surface area (Å²) in [7, 11) is 0. The molecule has 1 aromatic heterocycles. The minimum atomic E-state index is -0.0335. The van der Waals surface area contributed by atoms with E-state index in [1.165, 1.54) is 0 Å². The first kappa shape index (κ1) is 12.5. The molecule has 1 aromatic rings. The fourth-order valence-electron chi connectivity index (χ4n) is 0.969. The lowest BCUT2D eigenvalue weighted by Crippen LogP contribution is -2.30. The average molecular weight is 288 g/mol. The molecule has 1 N–H and O–H groups in total. The van der Waals surface area contributed by atoms with E-state index in [1.807, 2.05) is 32.1 Å². The lowest BCUT2D eigenvalue weighted by molar-refractivity contribution is -0.117. The molecule has 0 bridgehead atoms. The Bertz CT molecular complexity index is 359. The second-order valence-electron chi connectivity index (χ2n) is 3.29. The van der Waals surface area contributed by atoms with Crippen LogP contribution in [0.3, 0.4) is 0 Å². The quantitative estimate of drug-likeness (QED) is 0.845. The Hall–Kier alpha value is -0.610. The van der Waals surface area contributed by atoms with Gasteiger partial charge >= 0.3 is 0 Å². The maximum Gasteiger partial charge on any atom is 0.244 e. The zero-order valence-corrected chi connectivity index (χ0v) is 11.2. The van der Waals surface area contributed by atoms with Crippen LogP contribution in [0.25, 0.3) is 6.08 Å². The zero-order chi connectivity index (χ0) is 11.3. The third kappa shape index (κ3) is 4.62. The summed E-state index contributed by atoms with van der Waals surface area (Å²) < 4.78 is 1.07. The van der Waals surface area contributed by atoms with Gasteiger partial charge in [-0.15, -0.1) is 11.3 Å². The molecular formula is C11H14BrNOS. The lowest BCUT2D eigenvalue weighted by Gasteiger charge is -2.08. The molecule has 1 atom stereocenters. The predicted molar refractivity (Wildman–Crippen MR) is 68.9 cm³/mol. The third-order valence-corrected chi connectivity index (χ3v) is 3.58. The van der Waals surface area contributed by atoms with Crippen LogP contribution in [-0.4, -0.2) is 11.9 Å². The van der Waals surface area contributed by atoms with E-state index in [-0.39, 0.29) is 11.9 Å². The zero-order valence-electron chi connectivity index (χ0n) is 8.79. The number of rotatable bonds is 4. The molecule has 0 aliphatic heterocycles. The van der Waals surface area contributed by atoms with Crippen LogP contribution in [0.2, 0.25) is 0 Å². The number of carbonyl (C=O) groups is 1. The van der Waals surface area contributed by atoms with Crippen molar-refractivity contribution in [2.24, 2.45) is 0 Å². The molecular weight excluding hydrogens is 274 g/mol. The summed E-state index contributed by atoms with van der Waals surface area (Å²) in [6.45, 7) is 4.04.